The first kappa shape index (κ1) is 25.1. The van der Waals surface area contributed by atoms with Gasteiger partial charge in [-0.2, -0.15) is 5.10 Å². The summed E-state index contributed by atoms with van der Waals surface area (Å²) >= 11 is 0. The molecule has 0 aliphatic carbocycles. The van der Waals surface area contributed by atoms with Gasteiger partial charge >= 0.3 is 0 Å². The lowest BCUT2D eigenvalue weighted by Gasteiger charge is -2.35. The van der Waals surface area contributed by atoms with Crippen LogP contribution < -0.4 is 0 Å². The second-order valence-corrected chi connectivity index (χ2v) is 9.81. The summed E-state index contributed by atoms with van der Waals surface area (Å²) in [4.78, 5) is 24.8. The van der Waals surface area contributed by atoms with Crippen LogP contribution in [0, 0.1) is 0 Å². The van der Waals surface area contributed by atoms with Gasteiger partial charge in [0.2, 0.25) is 0 Å². The lowest BCUT2D eigenvalue weighted by atomic mass is 10.0. The van der Waals surface area contributed by atoms with Crippen molar-refractivity contribution in [2.45, 2.75) is 26.8 Å². The molecular formula is C28H37N9. The Morgan fingerprint density at radius 2 is 1.78 bits per heavy atom. The van der Waals surface area contributed by atoms with E-state index in [0.29, 0.717) is 0 Å². The number of benzene rings is 1. The molecule has 0 saturated carbocycles. The number of aromatic nitrogens is 5. The summed E-state index contributed by atoms with van der Waals surface area (Å²) in [5.41, 5.74) is 7.36. The molecule has 0 amide bonds. The fourth-order valence-electron chi connectivity index (χ4n) is 4.98. The lowest BCUT2D eigenvalue weighted by molar-refractivity contribution is 0.215. The predicted octanol–water partition coefficient (Wildman–Crippen LogP) is 3.65. The summed E-state index contributed by atoms with van der Waals surface area (Å²) in [5, 5.41) is 8.88. The number of aliphatic imine (C=N–C) groups is 1. The maximum Gasteiger partial charge on any atom is 0.159 e. The van der Waals surface area contributed by atoms with Gasteiger partial charge in [0, 0.05) is 74.7 Å². The second-order valence-electron chi connectivity index (χ2n) is 9.81. The Balaban J connectivity index is 0.00000137. The van der Waals surface area contributed by atoms with Gasteiger partial charge < -0.3 is 19.7 Å². The van der Waals surface area contributed by atoms with E-state index in [4.69, 9.17) is 9.98 Å². The van der Waals surface area contributed by atoms with Crippen LogP contribution in [-0.4, -0.2) is 99.6 Å². The van der Waals surface area contributed by atoms with E-state index in [1.807, 2.05) is 26.2 Å². The number of aromatic amines is 2. The molecule has 5 heterocycles. The van der Waals surface area contributed by atoms with Crippen LogP contribution in [-0.2, 0) is 13.0 Å². The number of pyridine rings is 1. The molecule has 0 atom stereocenters. The molecule has 4 aromatic rings. The number of nitrogens with one attached hydrogen (secondary N) is 2. The van der Waals surface area contributed by atoms with Crippen molar-refractivity contribution in [1.82, 2.24) is 39.8 Å². The minimum absolute atomic E-state index is 0.790. The first-order valence-electron chi connectivity index (χ1n) is 13.2. The molecule has 1 saturated heterocycles. The van der Waals surface area contributed by atoms with Crippen molar-refractivity contribution in [1.29, 1.82) is 0 Å². The van der Waals surface area contributed by atoms with Gasteiger partial charge in [-0.3, -0.25) is 15.1 Å². The smallest absolute Gasteiger partial charge is 0.159 e. The van der Waals surface area contributed by atoms with Crippen molar-refractivity contribution >= 4 is 16.7 Å². The highest BCUT2D eigenvalue weighted by Gasteiger charge is 2.27. The average molecular weight is 500 g/mol. The van der Waals surface area contributed by atoms with Gasteiger partial charge in [-0.25, -0.2) is 4.98 Å². The zero-order valence-corrected chi connectivity index (χ0v) is 22.5. The molecule has 2 aliphatic heterocycles. The van der Waals surface area contributed by atoms with Crippen LogP contribution in [0.5, 0.6) is 0 Å². The van der Waals surface area contributed by atoms with E-state index in [1.54, 1.807) is 0 Å². The van der Waals surface area contributed by atoms with Gasteiger partial charge in [0.25, 0.3) is 0 Å². The lowest BCUT2D eigenvalue weighted by Crippen LogP contribution is -2.48. The first-order valence-corrected chi connectivity index (χ1v) is 13.2. The van der Waals surface area contributed by atoms with Gasteiger partial charge in [-0.05, 0) is 50.5 Å². The molecule has 0 unspecified atom stereocenters. The third-order valence-electron chi connectivity index (χ3n) is 6.83. The molecule has 0 spiro atoms. The minimum Gasteiger partial charge on any atom is -0.352 e. The Hall–Kier alpha value is -3.56. The number of rotatable bonds is 4. The average Bonchev–Trinajstić information content (AvgIpc) is 3.54. The van der Waals surface area contributed by atoms with Gasteiger partial charge in [0.15, 0.2) is 11.7 Å². The van der Waals surface area contributed by atoms with Crippen molar-refractivity contribution in [2.75, 3.05) is 53.9 Å². The van der Waals surface area contributed by atoms with Crippen molar-refractivity contribution in [3.8, 4) is 22.6 Å². The fraction of sp³-hybridized carbons (Fsp3) is 0.429. The summed E-state index contributed by atoms with van der Waals surface area (Å²) in [6.45, 7) is 9.69. The van der Waals surface area contributed by atoms with Crippen LogP contribution >= 0.6 is 0 Å². The van der Waals surface area contributed by atoms with E-state index in [0.717, 1.165) is 96.5 Å². The van der Waals surface area contributed by atoms with Crippen LogP contribution in [0.2, 0.25) is 0 Å². The quantitative estimate of drug-likeness (QED) is 0.445. The molecule has 2 aliphatic rings. The monoisotopic (exact) mass is 499 g/mol. The van der Waals surface area contributed by atoms with Crippen molar-refractivity contribution < 1.29 is 0 Å². The van der Waals surface area contributed by atoms with Crippen LogP contribution in [0.3, 0.4) is 0 Å². The zero-order valence-electron chi connectivity index (χ0n) is 22.5. The Kier molecular flexibility index (Phi) is 7.34. The number of hydrogen-bond acceptors (Lipinski definition) is 7. The Labute approximate surface area is 218 Å². The van der Waals surface area contributed by atoms with E-state index in [1.165, 1.54) is 5.56 Å². The Morgan fingerprint density at radius 1 is 0.973 bits per heavy atom. The predicted molar refractivity (Wildman–Crippen MR) is 150 cm³/mol. The third-order valence-corrected chi connectivity index (χ3v) is 6.83. The standard InChI is InChI=1S/C26H31N9.C2H6/c1-33(2)16-17-12-19(15-27-14-17)18-4-5-21-20(13-18)23(32-31-21)25-29-22-6-7-28-26(24(22)30-25)35-10-8-34(3)9-11-35;1-2/h4-5,12-15H,6-11,16H2,1-3H3,(H,29,30)(H,31,32);1-2H3. The number of amidine groups is 1. The van der Waals surface area contributed by atoms with Gasteiger partial charge in [0.05, 0.1) is 5.52 Å². The second kappa shape index (κ2) is 10.8. The summed E-state index contributed by atoms with van der Waals surface area (Å²) in [6, 6.07) is 8.59. The molecule has 194 valence electrons. The van der Waals surface area contributed by atoms with E-state index >= 15 is 0 Å². The molecule has 1 fully saturated rings. The van der Waals surface area contributed by atoms with Crippen LogP contribution in [0.25, 0.3) is 33.5 Å². The molecular weight excluding hydrogens is 462 g/mol. The largest absolute Gasteiger partial charge is 0.352 e. The van der Waals surface area contributed by atoms with E-state index in [9.17, 15) is 0 Å². The summed E-state index contributed by atoms with van der Waals surface area (Å²) < 4.78 is 0. The van der Waals surface area contributed by atoms with E-state index in [2.05, 4.69) is 80.3 Å². The van der Waals surface area contributed by atoms with E-state index < -0.39 is 0 Å². The number of hydrogen-bond donors (Lipinski definition) is 2. The highest BCUT2D eigenvalue weighted by molar-refractivity contribution is 6.00. The molecule has 3 aromatic heterocycles. The first-order chi connectivity index (χ1) is 18.0. The number of fused-ring (bicyclic) bond motifs is 2. The third kappa shape index (κ3) is 5.14. The highest BCUT2D eigenvalue weighted by Crippen LogP contribution is 2.31. The maximum atomic E-state index is 5.03. The summed E-state index contributed by atoms with van der Waals surface area (Å²) in [7, 11) is 6.31. The SMILES string of the molecule is CC.CN(C)Cc1cncc(-c2ccc3[nH]nc(-c4nc5c([nH]4)CCN=C5N4CCN(C)CC4)c3c2)c1. The molecule has 9 nitrogen and oxygen atoms in total. The van der Waals surface area contributed by atoms with Crippen LogP contribution in [0.15, 0.2) is 41.7 Å². The number of likely N-dealkylation sites (N-methyl/N-ethyl adjacent to an activating group) is 1. The van der Waals surface area contributed by atoms with Crippen molar-refractivity contribution in [3.63, 3.8) is 0 Å². The highest BCUT2D eigenvalue weighted by atomic mass is 15.3. The number of imidazole rings is 1. The van der Waals surface area contributed by atoms with Crippen molar-refractivity contribution in [2.24, 2.45) is 4.99 Å². The van der Waals surface area contributed by atoms with Gasteiger partial charge in [-0.1, -0.05) is 19.9 Å². The van der Waals surface area contributed by atoms with E-state index in [-0.39, 0.29) is 0 Å². The number of piperazine rings is 1. The van der Waals surface area contributed by atoms with Gasteiger partial charge in [-0.15, -0.1) is 0 Å². The fourth-order valence-corrected chi connectivity index (χ4v) is 4.98. The zero-order chi connectivity index (χ0) is 25.9. The maximum absolute atomic E-state index is 5.03. The minimum atomic E-state index is 0.790. The molecule has 6 rings (SSSR count). The summed E-state index contributed by atoms with van der Waals surface area (Å²) in [6.07, 6.45) is 4.72. The molecule has 1 aromatic carbocycles. The Morgan fingerprint density at radius 3 is 2.57 bits per heavy atom. The molecule has 2 N–H and O–H groups in total. The van der Waals surface area contributed by atoms with Crippen LogP contribution in [0.4, 0.5) is 0 Å². The molecule has 0 bridgehead atoms. The van der Waals surface area contributed by atoms with Crippen LogP contribution in [0.1, 0.15) is 30.8 Å². The number of H-pyrrole nitrogens is 2. The normalized spacial score (nSPS) is 15.9. The Bertz CT molecular complexity index is 1390. The number of nitrogens with zero attached hydrogens (tertiary/aromatic N) is 7. The molecule has 0 radical (unpaired) electrons. The summed E-state index contributed by atoms with van der Waals surface area (Å²) in [5.74, 6) is 1.81. The van der Waals surface area contributed by atoms with Gasteiger partial charge in [0.1, 0.15) is 11.4 Å². The topological polar surface area (TPSA) is 92.3 Å². The van der Waals surface area contributed by atoms with Crippen molar-refractivity contribution in [3.05, 3.63) is 53.6 Å². The molecule has 9 heteroatoms. The molecule has 37 heavy (non-hydrogen) atoms.